The molecule has 3 aromatic heterocycles. The molecule has 6 aromatic rings. The number of fused-ring (bicyclic) bond motifs is 2. The number of para-hydroxylation sites is 2. The van der Waals surface area contributed by atoms with Crippen LogP contribution >= 0.6 is 0 Å². The number of hydrogen-bond donors (Lipinski definition) is 1. The number of carbonyl (C=O) groups is 1. The molecule has 0 aliphatic heterocycles. The molecule has 0 saturated heterocycles. The first-order valence-corrected chi connectivity index (χ1v) is 11.1. The van der Waals surface area contributed by atoms with E-state index in [0.717, 1.165) is 22.3 Å². The van der Waals surface area contributed by atoms with E-state index >= 15 is 0 Å². The van der Waals surface area contributed by atoms with Crippen molar-refractivity contribution in [3.63, 3.8) is 0 Å². The monoisotopic (exact) mass is 460 g/mol. The van der Waals surface area contributed by atoms with Crippen LogP contribution in [0.2, 0.25) is 0 Å². The van der Waals surface area contributed by atoms with Gasteiger partial charge in [-0.1, -0.05) is 30.3 Å². The van der Waals surface area contributed by atoms with E-state index in [4.69, 9.17) is 0 Å². The highest BCUT2D eigenvalue weighted by Gasteiger charge is 2.10. The summed E-state index contributed by atoms with van der Waals surface area (Å²) >= 11 is 0. The van der Waals surface area contributed by atoms with E-state index in [1.807, 2.05) is 71.3 Å². The first-order chi connectivity index (χ1) is 17.2. The van der Waals surface area contributed by atoms with Crippen LogP contribution in [0.1, 0.15) is 15.9 Å². The van der Waals surface area contributed by atoms with Crippen molar-refractivity contribution < 1.29 is 4.79 Å². The predicted molar refractivity (Wildman–Crippen MR) is 134 cm³/mol. The molecule has 0 atom stereocenters. The van der Waals surface area contributed by atoms with Gasteiger partial charge in [0.25, 0.3) is 5.91 Å². The summed E-state index contributed by atoms with van der Waals surface area (Å²) in [4.78, 5) is 29.8. The summed E-state index contributed by atoms with van der Waals surface area (Å²) in [6.07, 6.45) is 3.47. The van der Waals surface area contributed by atoms with Gasteiger partial charge >= 0.3 is 5.69 Å². The lowest BCUT2D eigenvalue weighted by atomic mass is 10.1. The summed E-state index contributed by atoms with van der Waals surface area (Å²) in [5.41, 5.74) is 5.28. The van der Waals surface area contributed by atoms with Crippen molar-refractivity contribution in [3.8, 4) is 5.69 Å². The third kappa shape index (κ3) is 3.87. The highest BCUT2D eigenvalue weighted by atomic mass is 16.2. The van der Waals surface area contributed by atoms with Crippen LogP contribution in [0.4, 0.5) is 5.69 Å². The van der Waals surface area contributed by atoms with Crippen molar-refractivity contribution in [2.75, 3.05) is 5.32 Å². The van der Waals surface area contributed by atoms with Gasteiger partial charge in [0.1, 0.15) is 6.33 Å². The molecule has 170 valence electrons. The maximum Gasteiger partial charge on any atom is 0.350 e. The standard InChI is InChI=1S/C27H20N6O2/c34-26(20-11-13-22(14-12-20)32-18-28-23-8-1-2-9-24(23)32)29-21-7-5-6-19(16-21)17-33-27(35)31-15-4-3-10-25(31)30-33/h1-16,18H,17H2,(H,29,34). The molecule has 8 heteroatoms. The lowest BCUT2D eigenvalue weighted by Gasteiger charge is -2.09. The Balaban J connectivity index is 1.19. The number of rotatable bonds is 5. The van der Waals surface area contributed by atoms with Gasteiger partial charge in [-0.3, -0.25) is 13.8 Å². The summed E-state index contributed by atoms with van der Waals surface area (Å²) in [6.45, 7) is 0.303. The zero-order chi connectivity index (χ0) is 23.8. The van der Waals surface area contributed by atoms with Gasteiger partial charge in [-0.05, 0) is 66.2 Å². The summed E-state index contributed by atoms with van der Waals surface area (Å²) in [5, 5.41) is 7.31. The molecule has 0 bridgehead atoms. The highest BCUT2D eigenvalue weighted by Crippen LogP contribution is 2.19. The van der Waals surface area contributed by atoms with Gasteiger partial charge in [0.2, 0.25) is 0 Å². The second-order valence-electron chi connectivity index (χ2n) is 8.17. The molecule has 35 heavy (non-hydrogen) atoms. The number of nitrogens with one attached hydrogen (secondary N) is 1. The lowest BCUT2D eigenvalue weighted by molar-refractivity contribution is 0.102. The summed E-state index contributed by atoms with van der Waals surface area (Å²) in [6, 6.07) is 28.1. The molecular formula is C27H20N6O2. The van der Waals surface area contributed by atoms with E-state index in [1.165, 1.54) is 9.08 Å². The highest BCUT2D eigenvalue weighted by molar-refractivity contribution is 6.04. The van der Waals surface area contributed by atoms with Crippen molar-refractivity contribution in [1.82, 2.24) is 23.7 Å². The zero-order valence-electron chi connectivity index (χ0n) is 18.6. The van der Waals surface area contributed by atoms with E-state index in [9.17, 15) is 9.59 Å². The Hall–Kier alpha value is -4.98. The van der Waals surface area contributed by atoms with Crippen molar-refractivity contribution in [3.05, 3.63) is 125 Å². The maximum absolute atomic E-state index is 12.9. The van der Waals surface area contributed by atoms with Crippen molar-refractivity contribution >= 4 is 28.3 Å². The third-order valence-corrected chi connectivity index (χ3v) is 5.87. The SMILES string of the molecule is O=C(Nc1cccc(Cn2nc3ccccn3c2=O)c1)c1ccc(-n2cnc3ccccc32)cc1. The average Bonchev–Trinajstić information content (AvgIpc) is 3.46. The Morgan fingerprint density at radius 1 is 0.886 bits per heavy atom. The maximum atomic E-state index is 12.9. The van der Waals surface area contributed by atoms with Gasteiger partial charge in [-0.2, -0.15) is 0 Å². The molecule has 0 aliphatic rings. The minimum atomic E-state index is -0.214. The molecular weight excluding hydrogens is 440 g/mol. The minimum absolute atomic E-state index is 0.208. The van der Waals surface area contributed by atoms with Gasteiger partial charge in [-0.25, -0.2) is 14.5 Å². The fourth-order valence-electron chi connectivity index (χ4n) is 4.13. The number of imidazole rings is 1. The number of hydrogen-bond acceptors (Lipinski definition) is 4. The average molecular weight is 460 g/mol. The number of amides is 1. The van der Waals surface area contributed by atoms with Crippen molar-refractivity contribution in [2.45, 2.75) is 6.54 Å². The number of anilines is 1. The van der Waals surface area contributed by atoms with Gasteiger partial charge in [0, 0.05) is 23.1 Å². The molecule has 0 spiro atoms. The summed E-state index contributed by atoms with van der Waals surface area (Å²) in [7, 11) is 0. The number of aromatic nitrogens is 5. The number of benzene rings is 3. The quantitative estimate of drug-likeness (QED) is 0.419. The molecule has 0 saturated carbocycles. The number of carbonyl (C=O) groups excluding carboxylic acids is 1. The lowest BCUT2D eigenvalue weighted by Crippen LogP contribution is -2.21. The first kappa shape index (κ1) is 20.6. The van der Waals surface area contributed by atoms with Crippen molar-refractivity contribution in [1.29, 1.82) is 0 Å². The molecule has 0 unspecified atom stereocenters. The fraction of sp³-hybridized carbons (Fsp3) is 0.0370. The second-order valence-corrected chi connectivity index (χ2v) is 8.17. The second kappa shape index (κ2) is 8.42. The zero-order valence-corrected chi connectivity index (χ0v) is 18.6. The van der Waals surface area contributed by atoms with Crippen LogP contribution in [0.3, 0.4) is 0 Å². The number of nitrogens with zero attached hydrogens (tertiary/aromatic N) is 5. The van der Waals surface area contributed by atoms with Crippen LogP contribution in [0.25, 0.3) is 22.4 Å². The van der Waals surface area contributed by atoms with Gasteiger partial charge in [-0.15, -0.1) is 5.10 Å². The number of pyridine rings is 1. The third-order valence-electron chi connectivity index (χ3n) is 5.87. The van der Waals surface area contributed by atoms with Gasteiger partial charge in [0.05, 0.1) is 17.6 Å². The largest absolute Gasteiger partial charge is 0.350 e. The van der Waals surface area contributed by atoms with Crippen LogP contribution in [0.5, 0.6) is 0 Å². The Morgan fingerprint density at radius 3 is 2.57 bits per heavy atom. The van der Waals surface area contributed by atoms with E-state index in [0.29, 0.717) is 23.4 Å². The van der Waals surface area contributed by atoms with Crippen LogP contribution in [-0.4, -0.2) is 29.6 Å². The summed E-state index contributed by atoms with van der Waals surface area (Å²) < 4.78 is 4.90. The Morgan fingerprint density at radius 2 is 1.71 bits per heavy atom. The van der Waals surface area contributed by atoms with Gasteiger partial charge < -0.3 is 5.32 Å². The molecule has 3 aromatic carbocycles. The van der Waals surface area contributed by atoms with Crippen LogP contribution < -0.4 is 11.0 Å². The van der Waals surface area contributed by atoms with E-state index in [-0.39, 0.29) is 11.6 Å². The van der Waals surface area contributed by atoms with Crippen LogP contribution in [-0.2, 0) is 6.54 Å². The van der Waals surface area contributed by atoms with E-state index in [2.05, 4.69) is 15.4 Å². The first-order valence-electron chi connectivity index (χ1n) is 11.1. The van der Waals surface area contributed by atoms with Gasteiger partial charge in [0.15, 0.2) is 5.65 Å². The molecule has 1 amide bonds. The Bertz CT molecular complexity index is 1740. The predicted octanol–water partition coefficient (Wildman–Crippen LogP) is 4.14. The molecule has 0 radical (unpaired) electrons. The molecule has 6 rings (SSSR count). The molecule has 0 fully saturated rings. The van der Waals surface area contributed by atoms with Crippen molar-refractivity contribution in [2.24, 2.45) is 0 Å². The normalized spacial score (nSPS) is 11.2. The topological polar surface area (TPSA) is 86.2 Å². The van der Waals surface area contributed by atoms with Crippen LogP contribution in [0.15, 0.2) is 108 Å². The smallest absolute Gasteiger partial charge is 0.322 e. The molecule has 3 heterocycles. The molecule has 8 nitrogen and oxygen atoms in total. The molecule has 0 aliphatic carbocycles. The minimum Gasteiger partial charge on any atom is -0.322 e. The van der Waals surface area contributed by atoms with E-state index in [1.54, 1.807) is 36.8 Å². The molecule has 1 N–H and O–H groups in total. The Kier molecular flexibility index (Phi) is 4.96. The Labute approximate surface area is 199 Å². The van der Waals surface area contributed by atoms with Crippen LogP contribution in [0, 0.1) is 0 Å². The summed E-state index contributed by atoms with van der Waals surface area (Å²) in [5.74, 6) is -0.214. The fourth-order valence-corrected chi connectivity index (χ4v) is 4.13. The van der Waals surface area contributed by atoms with E-state index < -0.39 is 0 Å².